The Bertz CT molecular complexity index is 1210. The molecule has 4 nitrogen and oxygen atoms in total. The Hall–Kier alpha value is -2.12. The van der Waals surface area contributed by atoms with E-state index >= 15 is 0 Å². The molecule has 0 atom stereocenters. The number of hydrogen-bond donors (Lipinski definition) is 1. The van der Waals surface area contributed by atoms with Crippen molar-refractivity contribution in [2.24, 2.45) is 0 Å². The van der Waals surface area contributed by atoms with E-state index in [1.165, 1.54) is 11.3 Å². The number of benzene rings is 3. The average Bonchev–Trinajstić information content (AvgIpc) is 3.13. The molecule has 1 heterocycles. The van der Waals surface area contributed by atoms with Gasteiger partial charge in [-0.15, -0.1) is 11.3 Å². The molecule has 0 fully saturated rings. The van der Waals surface area contributed by atoms with Crippen molar-refractivity contribution in [3.05, 3.63) is 74.7 Å². The number of nitrogens with zero attached hydrogens (tertiary/aromatic N) is 1. The van der Waals surface area contributed by atoms with Crippen LogP contribution in [0, 0.1) is 0 Å². The van der Waals surface area contributed by atoms with Gasteiger partial charge in [-0.25, -0.2) is 4.98 Å². The van der Waals surface area contributed by atoms with E-state index in [9.17, 15) is 4.79 Å². The van der Waals surface area contributed by atoms with Crippen molar-refractivity contribution in [3.8, 4) is 16.3 Å². The SMILES string of the molecule is COc1ccc(C(=O)Nc2c(Cl)cc(Cl)cc2-c2nc3ccccc3s2)cc1Br. The zero-order chi connectivity index (χ0) is 20.5. The molecule has 0 saturated heterocycles. The van der Waals surface area contributed by atoms with Gasteiger partial charge in [-0.2, -0.15) is 0 Å². The van der Waals surface area contributed by atoms with Crippen LogP contribution in [-0.2, 0) is 0 Å². The van der Waals surface area contributed by atoms with Crippen LogP contribution in [-0.4, -0.2) is 18.0 Å². The lowest BCUT2D eigenvalue weighted by atomic mass is 10.1. The van der Waals surface area contributed by atoms with Crippen molar-refractivity contribution >= 4 is 72.3 Å². The number of nitrogens with one attached hydrogen (secondary N) is 1. The zero-order valence-electron chi connectivity index (χ0n) is 15.0. The minimum Gasteiger partial charge on any atom is -0.496 e. The van der Waals surface area contributed by atoms with Crippen molar-refractivity contribution in [3.63, 3.8) is 0 Å². The fourth-order valence-electron chi connectivity index (χ4n) is 2.85. The van der Waals surface area contributed by atoms with Gasteiger partial charge in [-0.1, -0.05) is 35.3 Å². The van der Waals surface area contributed by atoms with Crippen LogP contribution in [0.25, 0.3) is 20.8 Å². The summed E-state index contributed by atoms with van der Waals surface area (Å²) in [6.07, 6.45) is 0. The maximum absolute atomic E-state index is 12.9. The van der Waals surface area contributed by atoms with Gasteiger partial charge in [-0.3, -0.25) is 4.79 Å². The van der Waals surface area contributed by atoms with Crippen molar-refractivity contribution < 1.29 is 9.53 Å². The summed E-state index contributed by atoms with van der Waals surface area (Å²) in [5.74, 6) is 0.334. The summed E-state index contributed by atoms with van der Waals surface area (Å²) in [5.41, 5.74) is 2.47. The lowest BCUT2D eigenvalue weighted by Crippen LogP contribution is -2.13. The number of anilines is 1. The predicted octanol–water partition coefficient (Wildman–Crippen LogP) is 7.29. The number of hydrogen-bond acceptors (Lipinski definition) is 4. The van der Waals surface area contributed by atoms with Gasteiger partial charge < -0.3 is 10.1 Å². The molecule has 0 radical (unpaired) electrons. The molecule has 1 amide bonds. The number of carbonyl (C=O) groups is 1. The van der Waals surface area contributed by atoms with Crippen LogP contribution >= 0.6 is 50.5 Å². The lowest BCUT2D eigenvalue weighted by Gasteiger charge is -2.13. The third-order valence-electron chi connectivity index (χ3n) is 4.23. The molecular weight excluding hydrogens is 495 g/mol. The van der Waals surface area contributed by atoms with E-state index < -0.39 is 0 Å². The number of halogens is 3. The summed E-state index contributed by atoms with van der Waals surface area (Å²) in [6.45, 7) is 0. The number of carbonyl (C=O) groups excluding carboxylic acids is 1. The number of thiazole rings is 1. The van der Waals surface area contributed by atoms with Crippen LogP contribution in [0.15, 0.2) is 59.1 Å². The largest absolute Gasteiger partial charge is 0.496 e. The Morgan fingerprint density at radius 3 is 2.66 bits per heavy atom. The summed E-state index contributed by atoms with van der Waals surface area (Å²) >= 11 is 17.6. The number of para-hydroxylation sites is 1. The molecule has 0 bridgehead atoms. The minimum atomic E-state index is -0.306. The lowest BCUT2D eigenvalue weighted by molar-refractivity contribution is 0.102. The first kappa shape index (κ1) is 20.2. The number of aromatic nitrogens is 1. The van der Waals surface area contributed by atoms with E-state index in [2.05, 4.69) is 26.2 Å². The van der Waals surface area contributed by atoms with Gasteiger partial charge in [0.15, 0.2) is 0 Å². The molecule has 0 aliphatic heterocycles. The van der Waals surface area contributed by atoms with E-state index in [1.807, 2.05) is 24.3 Å². The quantitative estimate of drug-likeness (QED) is 0.315. The molecule has 0 saturated carbocycles. The maximum Gasteiger partial charge on any atom is 0.255 e. The smallest absolute Gasteiger partial charge is 0.255 e. The molecule has 0 spiro atoms. The van der Waals surface area contributed by atoms with E-state index in [-0.39, 0.29) is 5.91 Å². The molecule has 0 unspecified atom stereocenters. The molecule has 3 aromatic carbocycles. The highest BCUT2D eigenvalue weighted by Gasteiger charge is 2.18. The van der Waals surface area contributed by atoms with E-state index in [1.54, 1.807) is 37.4 Å². The van der Waals surface area contributed by atoms with Gasteiger partial charge in [-0.05, 0) is 58.4 Å². The Balaban J connectivity index is 1.75. The second-order valence-electron chi connectivity index (χ2n) is 6.10. The number of fused-ring (bicyclic) bond motifs is 1. The average molecular weight is 508 g/mol. The molecule has 1 aromatic heterocycles. The number of ether oxygens (including phenoxy) is 1. The van der Waals surface area contributed by atoms with Crippen LogP contribution in [0.2, 0.25) is 10.0 Å². The summed E-state index contributed by atoms with van der Waals surface area (Å²) in [6, 6.07) is 16.3. The zero-order valence-corrected chi connectivity index (χ0v) is 18.9. The molecule has 4 rings (SSSR count). The van der Waals surface area contributed by atoms with E-state index in [0.717, 1.165) is 15.2 Å². The highest BCUT2D eigenvalue weighted by molar-refractivity contribution is 9.10. The van der Waals surface area contributed by atoms with Crippen molar-refractivity contribution in [1.29, 1.82) is 0 Å². The fourth-order valence-corrected chi connectivity index (χ4v) is 4.92. The molecule has 146 valence electrons. The highest BCUT2D eigenvalue weighted by atomic mass is 79.9. The van der Waals surface area contributed by atoms with Gasteiger partial charge in [0.2, 0.25) is 0 Å². The summed E-state index contributed by atoms with van der Waals surface area (Å²) in [7, 11) is 1.57. The predicted molar refractivity (Wildman–Crippen MR) is 124 cm³/mol. The van der Waals surface area contributed by atoms with Gasteiger partial charge in [0.05, 0.1) is 32.5 Å². The Kier molecular flexibility index (Phi) is 5.79. The highest BCUT2D eigenvalue weighted by Crippen LogP contribution is 2.40. The van der Waals surface area contributed by atoms with Crippen LogP contribution in [0.5, 0.6) is 5.75 Å². The van der Waals surface area contributed by atoms with Gasteiger partial charge in [0.1, 0.15) is 10.8 Å². The second-order valence-corrected chi connectivity index (χ2v) is 8.83. The summed E-state index contributed by atoms with van der Waals surface area (Å²) in [4.78, 5) is 17.5. The van der Waals surface area contributed by atoms with Crippen molar-refractivity contribution in [1.82, 2.24) is 4.98 Å². The maximum atomic E-state index is 12.9. The first-order valence-corrected chi connectivity index (χ1v) is 10.8. The molecule has 8 heteroatoms. The van der Waals surface area contributed by atoms with Crippen LogP contribution in [0.4, 0.5) is 5.69 Å². The Labute approximate surface area is 189 Å². The Morgan fingerprint density at radius 2 is 1.93 bits per heavy atom. The number of methoxy groups -OCH3 is 1. The standard InChI is InChI=1S/C21H13BrCl2N2O2S/c1-28-17-7-6-11(8-14(17)22)20(27)26-19-13(9-12(23)10-15(19)24)21-25-16-4-2-3-5-18(16)29-21/h2-10H,1H3,(H,26,27). The number of rotatable bonds is 4. The fraction of sp³-hybridized carbons (Fsp3) is 0.0476. The molecule has 4 aromatic rings. The topological polar surface area (TPSA) is 51.2 Å². The molecule has 0 aliphatic rings. The van der Waals surface area contributed by atoms with Crippen LogP contribution < -0.4 is 10.1 Å². The Morgan fingerprint density at radius 1 is 1.14 bits per heavy atom. The normalized spacial score (nSPS) is 10.9. The third kappa shape index (κ3) is 4.12. The first-order chi connectivity index (χ1) is 14.0. The van der Waals surface area contributed by atoms with Gasteiger partial charge >= 0.3 is 0 Å². The third-order valence-corrected chi connectivity index (χ3v) is 6.44. The second kappa shape index (κ2) is 8.32. The first-order valence-electron chi connectivity index (χ1n) is 8.46. The molecule has 0 aliphatic carbocycles. The number of amides is 1. The van der Waals surface area contributed by atoms with Crippen molar-refractivity contribution in [2.75, 3.05) is 12.4 Å². The van der Waals surface area contributed by atoms with Gasteiger partial charge in [0, 0.05) is 16.1 Å². The van der Waals surface area contributed by atoms with Gasteiger partial charge in [0.25, 0.3) is 5.91 Å². The van der Waals surface area contributed by atoms with Crippen molar-refractivity contribution in [2.45, 2.75) is 0 Å². The monoisotopic (exact) mass is 506 g/mol. The van der Waals surface area contributed by atoms with E-state index in [4.69, 9.17) is 27.9 Å². The summed E-state index contributed by atoms with van der Waals surface area (Å²) < 4.78 is 6.93. The van der Waals surface area contributed by atoms with E-state index in [0.29, 0.717) is 37.1 Å². The minimum absolute atomic E-state index is 0.306. The molecular formula is C21H13BrCl2N2O2S. The summed E-state index contributed by atoms with van der Waals surface area (Å²) in [5, 5.41) is 4.44. The molecule has 1 N–H and O–H groups in total. The van der Waals surface area contributed by atoms with Crippen LogP contribution in [0.3, 0.4) is 0 Å². The molecule has 29 heavy (non-hydrogen) atoms. The van der Waals surface area contributed by atoms with Crippen LogP contribution in [0.1, 0.15) is 10.4 Å².